The lowest BCUT2D eigenvalue weighted by atomic mass is 10.1. The highest BCUT2D eigenvalue weighted by Crippen LogP contribution is 1.98. The molecule has 4 heteroatoms. The van der Waals surface area contributed by atoms with Crippen LogP contribution in [0.1, 0.15) is 19.3 Å². The third-order valence-electron chi connectivity index (χ3n) is 1.42. The molecule has 0 aromatic heterocycles. The summed E-state index contributed by atoms with van der Waals surface area (Å²) < 4.78 is 0. The van der Waals surface area contributed by atoms with Gasteiger partial charge in [-0.15, -0.1) is 0 Å². The van der Waals surface area contributed by atoms with Crippen molar-refractivity contribution >= 4 is 12.6 Å². The third kappa shape index (κ3) is 5.69. The Labute approximate surface area is 65.9 Å². The van der Waals surface area contributed by atoms with E-state index in [4.69, 9.17) is 11.5 Å². The highest BCUT2D eigenvalue weighted by molar-refractivity contribution is 5.57. The van der Waals surface area contributed by atoms with E-state index in [9.17, 15) is 9.59 Å². The van der Waals surface area contributed by atoms with Gasteiger partial charge < -0.3 is 21.1 Å². The normalized spacial score (nSPS) is 15.5. The topological polar surface area (TPSA) is 86.2 Å². The van der Waals surface area contributed by atoms with Crippen molar-refractivity contribution in [2.75, 3.05) is 0 Å². The first-order chi connectivity index (χ1) is 5.20. The fourth-order valence-electron chi connectivity index (χ4n) is 0.725. The molecule has 0 fully saturated rings. The fourth-order valence-corrected chi connectivity index (χ4v) is 0.725. The second kappa shape index (κ2) is 6.00. The van der Waals surface area contributed by atoms with E-state index in [1.807, 2.05) is 0 Å². The van der Waals surface area contributed by atoms with Crippen LogP contribution in [0, 0.1) is 0 Å². The second-order valence-electron chi connectivity index (χ2n) is 2.53. The fraction of sp³-hybridized carbons (Fsp3) is 0.714. The average molecular weight is 158 g/mol. The van der Waals surface area contributed by atoms with Crippen molar-refractivity contribution in [3.63, 3.8) is 0 Å². The summed E-state index contributed by atoms with van der Waals surface area (Å²) in [5.74, 6) is 0. The molecule has 0 aliphatic heterocycles. The number of hydrogen-bond donors (Lipinski definition) is 2. The van der Waals surface area contributed by atoms with Crippen molar-refractivity contribution in [3.8, 4) is 0 Å². The van der Waals surface area contributed by atoms with Gasteiger partial charge in [-0.2, -0.15) is 0 Å². The molecule has 0 rings (SSSR count). The highest BCUT2D eigenvalue weighted by atomic mass is 16.1. The maximum Gasteiger partial charge on any atom is 0.136 e. The van der Waals surface area contributed by atoms with E-state index in [2.05, 4.69) is 0 Å². The van der Waals surface area contributed by atoms with Crippen LogP contribution in [0.25, 0.3) is 0 Å². The Morgan fingerprint density at radius 2 is 1.36 bits per heavy atom. The smallest absolute Gasteiger partial charge is 0.136 e. The van der Waals surface area contributed by atoms with E-state index < -0.39 is 12.1 Å². The molecule has 0 saturated heterocycles. The van der Waals surface area contributed by atoms with Gasteiger partial charge in [-0.3, -0.25) is 0 Å². The zero-order valence-electron chi connectivity index (χ0n) is 6.40. The molecule has 0 aromatic rings. The molecule has 0 aromatic carbocycles. The lowest BCUT2D eigenvalue weighted by Crippen LogP contribution is -2.24. The largest absolute Gasteiger partial charge is 0.322 e. The van der Waals surface area contributed by atoms with Crippen LogP contribution in [0.2, 0.25) is 0 Å². The summed E-state index contributed by atoms with van der Waals surface area (Å²) >= 11 is 0. The minimum Gasteiger partial charge on any atom is -0.322 e. The van der Waals surface area contributed by atoms with Gasteiger partial charge in [-0.1, -0.05) is 0 Å². The van der Waals surface area contributed by atoms with Crippen LogP contribution in [-0.2, 0) is 9.59 Å². The van der Waals surface area contributed by atoms with Gasteiger partial charge in [0.2, 0.25) is 0 Å². The lowest BCUT2D eigenvalue weighted by Gasteiger charge is -2.04. The molecule has 0 spiro atoms. The van der Waals surface area contributed by atoms with Gasteiger partial charge in [-0.05, 0) is 19.3 Å². The minimum absolute atomic E-state index is 0.408. The molecule has 0 aliphatic carbocycles. The van der Waals surface area contributed by atoms with Crippen molar-refractivity contribution in [3.05, 3.63) is 0 Å². The Kier molecular flexibility index (Phi) is 5.60. The van der Waals surface area contributed by atoms with Crippen molar-refractivity contribution in [1.82, 2.24) is 0 Å². The summed E-state index contributed by atoms with van der Waals surface area (Å²) in [6, 6.07) is -0.817. The quantitative estimate of drug-likeness (QED) is 0.496. The molecular weight excluding hydrogens is 144 g/mol. The lowest BCUT2D eigenvalue weighted by molar-refractivity contribution is -0.109. The maximum atomic E-state index is 10.0. The van der Waals surface area contributed by atoms with Crippen molar-refractivity contribution in [2.45, 2.75) is 31.3 Å². The number of carbonyl (C=O) groups is 2. The zero-order chi connectivity index (χ0) is 8.69. The van der Waals surface area contributed by atoms with Crippen molar-refractivity contribution < 1.29 is 9.59 Å². The molecule has 0 amide bonds. The minimum atomic E-state index is -0.408. The summed E-state index contributed by atoms with van der Waals surface area (Å²) in [6.07, 6.45) is 3.33. The van der Waals surface area contributed by atoms with Gasteiger partial charge in [0.25, 0.3) is 0 Å². The Balaban J connectivity index is 3.26. The van der Waals surface area contributed by atoms with Gasteiger partial charge in [0, 0.05) is 0 Å². The molecule has 0 saturated carbocycles. The van der Waals surface area contributed by atoms with Gasteiger partial charge in [0.05, 0.1) is 12.1 Å². The second-order valence-corrected chi connectivity index (χ2v) is 2.53. The van der Waals surface area contributed by atoms with Crippen LogP contribution >= 0.6 is 0 Å². The van der Waals surface area contributed by atoms with Gasteiger partial charge in [0.15, 0.2) is 0 Å². The first-order valence-corrected chi connectivity index (χ1v) is 3.62. The summed E-state index contributed by atoms with van der Waals surface area (Å²) in [5.41, 5.74) is 10.6. The first-order valence-electron chi connectivity index (χ1n) is 3.62. The Hall–Kier alpha value is -0.740. The van der Waals surface area contributed by atoms with Crippen LogP contribution < -0.4 is 11.5 Å². The number of nitrogens with two attached hydrogens (primary N) is 2. The van der Waals surface area contributed by atoms with Gasteiger partial charge in [-0.25, -0.2) is 0 Å². The van der Waals surface area contributed by atoms with Crippen LogP contribution in [0.15, 0.2) is 0 Å². The summed E-state index contributed by atoms with van der Waals surface area (Å²) in [5, 5.41) is 0. The van der Waals surface area contributed by atoms with Gasteiger partial charge >= 0.3 is 0 Å². The molecular formula is C7H14N2O2. The Bertz CT molecular complexity index is 114. The van der Waals surface area contributed by atoms with E-state index in [1.54, 1.807) is 0 Å². The SMILES string of the molecule is N[C@H](C=O)CCC[C@@H](N)C=O. The number of rotatable bonds is 6. The molecule has 64 valence electrons. The number of hydrogen-bond acceptors (Lipinski definition) is 4. The van der Waals surface area contributed by atoms with Gasteiger partial charge in [0.1, 0.15) is 12.6 Å². The van der Waals surface area contributed by atoms with E-state index in [-0.39, 0.29) is 0 Å². The maximum absolute atomic E-state index is 10.0. The van der Waals surface area contributed by atoms with Crippen molar-refractivity contribution in [1.29, 1.82) is 0 Å². The third-order valence-corrected chi connectivity index (χ3v) is 1.42. The zero-order valence-corrected chi connectivity index (χ0v) is 6.40. The monoisotopic (exact) mass is 158 g/mol. The van der Waals surface area contributed by atoms with Crippen LogP contribution in [-0.4, -0.2) is 24.7 Å². The van der Waals surface area contributed by atoms with Crippen LogP contribution in [0.4, 0.5) is 0 Å². The molecule has 11 heavy (non-hydrogen) atoms. The highest BCUT2D eigenvalue weighted by Gasteiger charge is 2.02. The molecule has 0 bridgehead atoms. The first kappa shape index (κ1) is 10.3. The molecule has 4 N–H and O–H groups in total. The Morgan fingerprint density at radius 3 is 1.64 bits per heavy atom. The van der Waals surface area contributed by atoms with E-state index in [0.29, 0.717) is 25.4 Å². The Morgan fingerprint density at radius 1 is 1.00 bits per heavy atom. The molecule has 0 aliphatic rings. The summed E-state index contributed by atoms with van der Waals surface area (Å²) in [6.45, 7) is 0. The van der Waals surface area contributed by atoms with Crippen LogP contribution in [0.3, 0.4) is 0 Å². The molecule has 4 nitrogen and oxygen atoms in total. The molecule has 2 atom stereocenters. The molecule has 0 unspecified atom stereocenters. The van der Waals surface area contributed by atoms with E-state index >= 15 is 0 Å². The average Bonchev–Trinajstić information content (AvgIpc) is 2.04. The standard InChI is InChI=1S/C7H14N2O2/c8-6(4-10)2-1-3-7(9)5-11/h4-7H,1-3,8-9H2/t6-,7+. The number of carbonyl (C=O) groups excluding carboxylic acids is 2. The van der Waals surface area contributed by atoms with Crippen LogP contribution in [0.5, 0.6) is 0 Å². The predicted octanol–water partition coefficient (Wildman–Crippen LogP) is -0.791. The number of aldehydes is 2. The molecule has 0 heterocycles. The predicted molar refractivity (Wildman–Crippen MR) is 41.9 cm³/mol. The van der Waals surface area contributed by atoms with Crippen molar-refractivity contribution in [2.24, 2.45) is 11.5 Å². The van der Waals surface area contributed by atoms with E-state index in [0.717, 1.165) is 6.42 Å². The molecule has 0 radical (unpaired) electrons. The summed E-state index contributed by atoms with van der Waals surface area (Å²) in [4.78, 5) is 20.0. The summed E-state index contributed by atoms with van der Waals surface area (Å²) in [7, 11) is 0. The van der Waals surface area contributed by atoms with E-state index in [1.165, 1.54) is 0 Å².